The number of hydrogen-bond donors (Lipinski definition) is 1. The molecule has 0 saturated heterocycles. The van der Waals surface area contributed by atoms with Crippen LogP contribution in [0.4, 0.5) is 18.9 Å². The second-order valence-electron chi connectivity index (χ2n) is 4.12. The number of amidine groups is 1. The molecule has 3 nitrogen and oxygen atoms in total. The van der Waals surface area contributed by atoms with E-state index in [1.165, 1.54) is 24.3 Å². The van der Waals surface area contributed by atoms with Gasteiger partial charge in [-0.2, -0.15) is 0 Å². The Morgan fingerprint density at radius 1 is 1.32 bits per heavy atom. The molecule has 0 amide bonds. The van der Waals surface area contributed by atoms with Crippen molar-refractivity contribution in [1.29, 1.82) is 0 Å². The summed E-state index contributed by atoms with van der Waals surface area (Å²) >= 11 is 1.60. The Labute approximate surface area is 113 Å². The number of nitrogens with one attached hydrogen (secondary N) is 1. The van der Waals surface area contributed by atoms with Gasteiger partial charge in [0, 0.05) is 11.4 Å². The maximum atomic E-state index is 12.0. The fourth-order valence-corrected chi connectivity index (χ4v) is 2.66. The molecular weight excluding hydrogens is 277 g/mol. The largest absolute Gasteiger partial charge is 0.573 e. The topological polar surface area (TPSA) is 33.6 Å². The summed E-state index contributed by atoms with van der Waals surface area (Å²) in [6.07, 6.45) is -3.62. The van der Waals surface area contributed by atoms with E-state index >= 15 is 0 Å². The fraction of sp³-hybridized carbons (Fsp3) is 0.417. The zero-order chi connectivity index (χ0) is 13.9. The molecule has 1 aromatic carbocycles. The smallest absolute Gasteiger partial charge is 0.406 e. The van der Waals surface area contributed by atoms with E-state index in [4.69, 9.17) is 0 Å². The van der Waals surface area contributed by atoms with E-state index in [1.54, 1.807) is 11.8 Å². The van der Waals surface area contributed by atoms with Gasteiger partial charge in [-0.25, -0.2) is 0 Å². The number of alkyl halides is 3. The monoisotopic (exact) mass is 290 g/mol. The van der Waals surface area contributed by atoms with Gasteiger partial charge in [0.1, 0.15) is 5.75 Å². The van der Waals surface area contributed by atoms with Gasteiger partial charge >= 0.3 is 6.36 Å². The van der Waals surface area contributed by atoms with Crippen LogP contribution in [-0.4, -0.2) is 23.3 Å². The van der Waals surface area contributed by atoms with Crippen molar-refractivity contribution in [2.45, 2.75) is 25.7 Å². The van der Waals surface area contributed by atoms with Gasteiger partial charge in [-0.1, -0.05) is 11.8 Å². The van der Waals surface area contributed by atoms with E-state index in [9.17, 15) is 13.2 Å². The SMILES string of the molecule is CC1CCSC(Nc2ccc(OC(F)(F)F)cc2)=N1. The summed E-state index contributed by atoms with van der Waals surface area (Å²) in [6.45, 7) is 2.03. The average Bonchev–Trinajstić information content (AvgIpc) is 2.30. The maximum Gasteiger partial charge on any atom is 0.573 e. The van der Waals surface area contributed by atoms with Crippen LogP contribution in [0.15, 0.2) is 29.3 Å². The minimum atomic E-state index is -4.66. The van der Waals surface area contributed by atoms with Gasteiger partial charge in [-0.15, -0.1) is 13.2 Å². The molecule has 1 aromatic rings. The Kier molecular flexibility index (Phi) is 4.24. The summed E-state index contributed by atoms with van der Waals surface area (Å²) in [4.78, 5) is 4.42. The third-order valence-corrected chi connectivity index (χ3v) is 3.37. The first-order valence-electron chi connectivity index (χ1n) is 5.76. The van der Waals surface area contributed by atoms with E-state index in [0.29, 0.717) is 5.69 Å². The third kappa shape index (κ3) is 4.66. The molecule has 104 valence electrons. The second kappa shape index (κ2) is 5.73. The van der Waals surface area contributed by atoms with Crippen LogP contribution in [0.3, 0.4) is 0 Å². The van der Waals surface area contributed by atoms with Crippen molar-refractivity contribution in [2.24, 2.45) is 4.99 Å². The normalized spacial score (nSPS) is 19.8. The molecule has 0 fully saturated rings. The van der Waals surface area contributed by atoms with Crippen molar-refractivity contribution in [2.75, 3.05) is 11.1 Å². The maximum absolute atomic E-state index is 12.0. The van der Waals surface area contributed by atoms with Gasteiger partial charge in [-0.05, 0) is 37.6 Å². The van der Waals surface area contributed by atoms with Gasteiger partial charge in [-0.3, -0.25) is 4.99 Å². The predicted molar refractivity (Wildman–Crippen MR) is 70.7 cm³/mol. The minimum absolute atomic E-state index is 0.232. The number of benzene rings is 1. The first kappa shape index (κ1) is 14.0. The lowest BCUT2D eigenvalue weighted by Gasteiger charge is -2.17. The summed E-state index contributed by atoms with van der Waals surface area (Å²) in [6, 6.07) is 5.88. The van der Waals surface area contributed by atoms with Gasteiger partial charge < -0.3 is 10.1 Å². The molecule has 0 aliphatic carbocycles. The highest BCUT2D eigenvalue weighted by Crippen LogP contribution is 2.25. The molecule has 19 heavy (non-hydrogen) atoms. The average molecular weight is 290 g/mol. The van der Waals surface area contributed by atoms with Crippen molar-refractivity contribution in [3.63, 3.8) is 0 Å². The number of thioether (sulfide) groups is 1. The lowest BCUT2D eigenvalue weighted by atomic mass is 10.3. The molecule has 0 aromatic heterocycles. The van der Waals surface area contributed by atoms with Crippen LogP contribution in [0.2, 0.25) is 0 Å². The molecule has 0 bridgehead atoms. The van der Waals surface area contributed by atoms with Crippen LogP contribution in [0.5, 0.6) is 5.75 Å². The third-order valence-electron chi connectivity index (χ3n) is 2.45. The quantitative estimate of drug-likeness (QED) is 0.897. The van der Waals surface area contributed by atoms with Crippen LogP contribution in [0.1, 0.15) is 13.3 Å². The Bertz CT molecular complexity index is 459. The number of aliphatic imine (C=N–C) groups is 1. The van der Waals surface area contributed by atoms with Crippen LogP contribution in [0.25, 0.3) is 0 Å². The van der Waals surface area contributed by atoms with Crippen LogP contribution in [0, 0.1) is 0 Å². The molecule has 0 saturated carbocycles. The molecule has 1 atom stereocenters. The Hall–Kier alpha value is -1.37. The van der Waals surface area contributed by atoms with E-state index in [1.807, 2.05) is 6.92 Å². The molecule has 0 spiro atoms. The number of ether oxygens (including phenoxy) is 1. The molecule has 1 aliphatic rings. The summed E-state index contributed by atoms with van der Waals surface area (Å²) in [5.41, 5.74) is 0.690. The van der Waals surface area contributed by atoms with Gasteiger partial charge in [0.2, 0.25) is 0 Å². The van der Waals surface area contributed by atoms with Crippen molar-refractivity contribution in [3.8, 4) is 5.75 Å². The molecule has 1 heterocycles. The number of nitrogens with zero attached hydrogens (tertiary/aromatic N) is 1. The molecule has 1 unspecified atom stereocenters. The second-order valence-corrected chi connectivity index (χ2v) is 5.20. The van der Waals surface area contributed by atoms with E-state index < -0.39 is 6.36 Å². The lowest BCUT2D eigenvalue weighted by molar-refractivity contribution is -0.274. The fourth-order valence-electron chi connectivity index (χ4n) is 1.56. The first-order chi connectivity index (χ1) is 8.92. The predicted octanol–water partition coefficient (Wildman–Crippen LogP) is 3.88. The summed E-state index contributed by atoms with van der Waals surface area (Å²) < 4.78 is 39.8. The van der Waals surface area contributed by atoms with E-state index in [2.05, 4.69) is 15.0 Å². The lowest BCUT2D eigenvalue weighted by Crippen LogP contribution is -2.18. The van der Waals surface area contributed by atoms with Crippen LogP contribution < -0.4 is 10.1 Å². The van der Waals surface area contributed by atoms with E-state index in [0.717, 1.165) is 17.3 Å². The number of halogens is 3. The molecular formula is C12H13F3N2OS. The van der Waals surface area contributed by atoms with E-state index in [-0.39, 0.29) is 11.8 Å². The van der Waals surface area contributed by atoms with Crippen molar-refractivity contribution in [1.82, 2.24) is 0 Å². The molecule has 2 rings (SSSR count). The number of anilines is 1. The molecule has 1 N–H and O–H groups in total. The molecule has 1 aliphatic heterocycles. The van der Waals surface area contributed by atoms with Crippen LogP contribution in [-0.2, 0) is 0 Å². The Morgan fingerprint density at radius 2 is 2.00 bits per heavy atom. The first-order valence-corrected chi connectivity index (χ1v) is 6.74. The number of hydrogen-bond acceptors (Lipinski definition) is 4. The number of rotatable bonds is 2. The highest BCUT2D eigenvalue weighted by atomic mass is 32.2. The van der Waals surface area contributed by atoms with Crippen LogP contribution >= 0.6 is 11.8 Å². The zero-order valence-corrected chi connectivity index (χ0v) is 11.0. The molecule has 0 radical (unpaired) electrons. The standard InChI is InChI=1S/C12H13F3N2OS/c1-8-6-7-19-11(16-8)17-9-2-4-10(5-3-9)18-12(13,14)15/h2-5,8H,6-7H2,1H3,(H,16,17). The van der Waals surface area contributed by atoms with Gasteiger partial charge in [0.25, 0.3) is 0 Å². The summed E-state index contributed by atoms with van der Waals surface area (Å²) in [7, 11) is 0. The van der Waals surface area contributed by atoms with Gasteiger partial charge in [0.05, 0.1) is 6.04 Å². The highest BCUT2D eigenvalue weighted by Gasteiger charge is 2.30. The Balaban J connectivity index is 1.99. The van der Waals surface area contributed by atoms with Crippen molar-refractivity contribution >= 4 is 22.6 Å². The minimum Gasteiger partial charge on any atom is -0.406 e. The highest BCUT2D eigenvalue weighted by molar-refractivity contribution is 8.14. The zero-order valence-electron chi connectivity index (χ0n) is 10.2. The Morgan fingerprint density at radius 3 is 2.58 bits per heavy atom. The van der Waals surface area contributed by atoms with Crippen molar-refractivity contribution in [3.05, 3.63) is 24.3 Å². The van der Waals surface area contributed by atoms with Gasteiger partial charge in [0.15, 0.2) is 5.17 Å². The summed E-state index contributed by atoms with van der Waals surface area (Å²) in [5, 5.41) is 3.87. The summed E-state index contributed by atoms with van der Waals surface area (Å²) in [5.74, 6) is 0.757. The van der Waals surface area contributed by atoms with Crippen molar-refractivity contribution < 1.29 is 17.9 Å². The molecule has 7 heteroatoms.